The number of aromatic amines is 2. The summed E-state index contributed by atoms with van der Waals surface area (Å²) in [6, 6.07) is 0.795. The van der Waals surface area contributed by atoms with Gasteiger partial charge in [0, 0.05) is 6.07 Å². The predicted molar refractivity (Wildman–Crippen MR) is 63.2 cm³/mol. The summed E-state index contributed by atoms with van der Waals surface area (Å²) in [5.74, 6) is -1.34. The van der Waals surface area contributed by atoms with Gasteiger partial charge >= 0.3 is 27.3 Å². The molecule has 0 radical (unpaired) electrons. The highest BCUT2D eigenvalue weighted by Crippen LogP contribution is 2.26. The van der Waals surface area contributed by atoms with E-state index in [0.717, 1.165) is 6.07 Å². The normalized spacial score (nSPS) is 10.6. The fraction of sp³-hybridized carbons (Fsp3) is 0. The lowest BCUT2D eigenvalue weighted by Crippen LogP contribution is -2.24. The zero-order valence-electron chi connectivity index (χ0n) is 9.64. The van der Waals surface area contributed by atoms with Crippen molar-refractivity contribution in [2.24, 2.45) is 0 Å². The molecule has 122 valence electrons. The molecule has 16 heteroatoms. The summed E-state index contributed by atoms with van der Waals surface area (Å²) in [4.78, 5) is 78.0. The highest BCUT2D eigenvalue weighted by Gasteiger charge is 2.03. The van der Waals surface area contributed by atoms with E-state index < -0.39 is 38.6 Å². The zero-order valence-corrected chi connectivity index (χ0v) is 11.4. The van der Waals surface area contributed by atoms with E-state index in [0.29, 0.717) is 0 Å². The summed E-state index contributed by atoms with van der Waals surface area (Å²) in [5.41, 5.74) is -1.97. The van der Waals surface area contributed by atoms with E-state index in [4.69, 9.17) is 43.6 Å². The number of aromatic nitrogens is 2. The minimum atomic E-state index is -4.64. The lowest BCUT2D eigenvalue weighted by atomic mass is 10.4. The molecule has 9 N–H and O–H groups in total. The zero-order chi connectivity index (χ0) is 17.4. The van der Waals surface area contributed by atoms with Crippen molar-refractivity contribution in [3.63, 3.8) is 0 Å². The van der Waals surface area contributed by atoms with Crippen LogP contribution in [0.2, 0.25) is 0 Å². The first-order valence-corrected chi connectivity index (χ1v) is 7.36. The Hall–Kier alpha value is -1.63. The second kappa shape index (κ2) is 8.61. The number of carboxylic acid groups (broad SMARTS) is 1. The smallest absolute Gasteiger partial charge is 0.466 e. The SMILES string of the molecule is O=C(O)c1cc(=O)[nH]c(=O)[nH]1.O=P(O)(O)O.O=P(O)(O)O. The highest BCUT2D eigenvalue weighted by atomic mass is 31.2. The number of carbonyl (C=O) groups is 1. The lowest BCUT2D eigenvalue weighted by Gasteiger charge is -1.89. The van der Waals surface area contributed by atoms with E-state index in [2.05, 4.69) is 0 Å². The molecule has 0 aliphatic heterocycles. The summed E-state index contributed by atoms with van der Waals surface area (Å²) >= 11 is 0. The van der Waals surface area contributed by atoms with E-state index in [1.807, 2.05) is 9.97 Å². The molecule has 0 unspecified atom stereocenters. The number of phosphoric acid groups is 2. The van der Waals surface area contributed by atoms with E-state index in [1.54, 1.807) is 0 Å². The average Bonchev–Trinajstić information content (AvgIpc) is 2.09. The molecular weight excluding hydrogens is 342 g/mol. The van der Waals surface area contributed by atoms with Crippen molar-refractivity contribution in [3.05, 3.63) is 32.6 Å². The van der Waals surface area contributed by atoms with Crippen molar-refractivity contribution >= 4 is 21.6 Å². The number of aromatic carboxylic acids is 1. The molecule has 1 aromatic rings. The highest BCUT2D eigenvalue weighted by molar-refractivity contribution is 7.45. The van der Waals surface area contributed by atoms with Gasteiger partial charge in [0.05, 0.1) is 0 Å². The number of rotatable bonds is 1. The Bertz CT molecular complexity index is 598. The molecular formula is C5H10N2O12P2. The van der Waals surface area contributed by atoms with Gasteiger partial charge in [0.15, 0.2) is 0 Å². The Balaban J connectivity index is 0. The first-order chi connectivity index (χ1) is 9.09. The van der Waals surface area contributed by atoms with Crippen LogP contribution < -0.4 is 11.2 Å². The van der Waals surface area contributed by atoms with Crippen LogP contribution in [-0.4, -0.2) is 50.4 Å². The minimum Gasteiger partial charge on any atom is -0.477 e. The first kappa shape index (κ1) is 21.7. The molecule has 0 bridgehead atoms. The Morgan fingerprint density at radius 3 is 1.48 bits per heavy atom. The summed E-state index contributed by atoms with van der Waals surface area (Å²) in [6.45, 7) is 0. The van der Waals surface area contributed by atoms with Crippen LogP contribution in [0, 0.1) is 0 Å². The summed E-state index contributed by atoms with van der Waals surface area (Å²) in [6.07, 6.45) is 0. The van der Waals surface area contributed by atoms with Crippen molar-refractivity contribution < 1.29 is 48.4 Å². The minimum absolute atomic E-state index is 0.418. The molecule has 0 saturated carbocycles. The Morgan fingerprint density at radius 1 is 0.905 bits per heavy atom. The van der Waals surface area contributed by atoms with Gasteiger partial charge < -0.3 is 39.5 Å². The molecule has 14 nitrogen and oxygen atoms in total. The number of nitrogens with one attached hydrogen (secondary N) is 2. The Labute approximate surface area is 113 Å². The van der Waals surface area contributed by atoms with Crippen LogP contribution in [0.25, 0.3) is 0 Å². The van der Waals surface area contributed by atoms with E-state index in [-0.39, 0.29) is 0 Å². The van der Waals surface area contributed by atoms with E-state index in [9.17, 15) is 14.4 Å². The van der Waals surface area contributed by atoms with Gasteiger partial charge in [0.1, 0.15) is 5.69 Å². The summed E-state index contributed by atoms with van der Waals surface area (Å²) in [7, 11) is -9.28. The fourth-order valence-electron chi connectivity index (χ4n) is 0.584. The fourth-order valence-corrected chi connectivity index (χ4v) is 0.584. The van der Waals surface area contributed by atoms with Crippen molar-refractivity contribution in [1.29, 1.82) is 0 Å². The van der Waals surface area contributed by atoms with Gasteiger partial charge in [-0.25, -0.2) is 18.7 Å². The molecule has 0 aliphatic carbocycles. The molecule has 0 saturated heterocycles. The molecule has 1 aromatic heterocycles. The maximum absolute atomic E-state index is 10.5. The molecule has 1 heterocycles. The number of carboxylic acids is 1. The molecule has 0 atom stereocenters. The maximum Gasteiger partial charge on any atom is 0.466 e. The third-order valence-corrected chi connectivity index (χ3v) is 0.991. The molecule has 0 aliphatic rings. The Kier molecular flexibility index (Phi) is 8.88. The van der Waals surface area contributed by atoms with E-state index in [1.165, 1.54) is 0 Å². The van der Waals surface area contributed by atoms with Crippen LogP contribution >= 0.6 is 15.6 Å². The first-order valence-electron chi connectivity index (χ1n) is 4.23. The standard InChI is InChI=1S/C5H4N2O4.2H3O4P/c8-3-1-2(4(9)10)6-5(11)7-3;2*1-5(2,3)4/h1H,(H,9,10)(H2,6,7,8,11);2*(H3,1,2,3,4). The van der Waals surface area contributed by atoms with Gasteiger partial charge in [0.25, 0.3) is 5.56 Å². The molecule has 21 heavy (non-hydrogen) atoms. The lowest BCUT2D eigenvalue weighted by molar-refractivity contribution is 0.0689. The summed E-state index contributed by atoms with van der Waals surface area (Å²) < 4.78 is 17.8. The van der Waals surface area contributed by atoms with Gasteiger partial charge in [-0.15, -0.1) is 0 Å². The van der Waals surface area contributed by atoms with Crippen molar-refractivity contribution in [2.75, 3.05) is 0 Å². The van der Waals surface area contributed by atoms with Crippen molar-refractivity contribution in [1.82, 2.24) is 9.97 Å². The molecule has 0 spiro atoms. The topological polar surface area (TPSA) is 259 Å². The quantitative estimate of drug-likeness (QED) is 0.228. The van der Waals surface area contributed by atoms with Crippen LogP contribution in [-0.2, 0) is 9.13 Å². The van der Waals surface area contributed by atoms with Crippen molar-refractivity contribution in [2.45, 2.75) is 0 Å². The predicted octanol–water partition coefficient (Wildman–Crippen LogP) is -3.10. The largest absolute Gasteiger partial charge is 0.477 e. The van der Waals surface area contributed by atoms with Crippen LogP contribution in [0.3, 0.4) is 0 Å². The Morgan fingerprint density at radius 2 is 1.24 bits per heavy atom. The second-order valence-electron chi connectivity index (χ2n) is 2.83. The third kappa shape index (κ3) is 23.8. The van der Waals surface area contributed by atoms with Gasteiger partial charge in [0.2, 0.25) is 0 Å². The average molecular weight is 352 g/mol. The molecule has 0 amide bonds. The van der Waals surface area contributed by atoms with Gasteiger partial charge in [-0.3, -0.25) is 9.78 Å². The monoisotopic (exact) mass is 352 g/mol. The molecule has 0 aromatic carbocycles. The van der Waals surface area contributed by atoms with Crippen LogP contribution in [0.5, 0.6) is 0 Å². The molecule has 1 rings (SSSR count). The number of hydrogen-bond donors (Lipinski definition) is 9. The maximum atomic E-state index is 10.5. The number of H-pyrrole nitrogens is 2. The van der Waals surface area contributed by atoms with Crippen molar-refractivity contribution in [3.8, 4) is 0 Å². The van der Waals surface area contributed by atoms with Crippen LogP contribution in [0.1, 0.15) is 10.5 Å². The van der Waals surface area contributed by atoms with Gasteiger partial charge in [-0.05, 0) is 0 Å². The van der Waals surface area contributed by atoms with E-state index >= 15 is 0 Å². The van der Waals surface area contributed by atoms with Gasteiger partial charge in [-0.2, -0.15) is 0 Å². The summed E-state index contributed by atoms with van der Waals surface area (Å²) in [5, 5.41) is 8.31. The second-order valence-corrected chi connectivity index (χ2v) is 4.89. The molecule has 0 fully saturated rings. The third-order valence-electron chi connectivity index (χ3n) is 0.991. The van der Waals surface area contributed by atoms with Crippen LogP contribution in [0.4, 0.5) is 0 Å². The van der Waals surface area contributed by atoms with Crippen LogP contribution in [0.15, 0.2) is 15.7 Å². The van der Waals surface area contributed by atoms with Gasteiger partial charge in [-0.1, -0.05) is 0 Å². The number of hydrogen-bond acceptors (Lipinski definition) is 5.